The van der Waals surface area contributed by atoms with Gasteiger partial charge in [-0.2, -0.15) is 0 Å². The van der Waals surface area contributed by atoms with Gasteiger partial charge in [-0.15, -0.1) is 10.2 Å². The summed E-state index contributed by atoms with van der Waals surface area (Å²) in [5.74, 6) is -1.30. The van der Waals surface area contributed by atoms with Crippen molar-refractivity contribution in [2.24, 2.45) is 5.92 Å². The molecule has 0 bridgehead atoms. The number of aromatic nitrogens is 2. The number of halogens is 1. The van der Waals surface area contributed by atoms with Gasteiger partial charge in [0, 0.05) is 30.7 Å². The summed E-state index contributed by atoms with van der Waals surface area (Å²) in [4.78, 5) is 39.1. The Morgan fingerprint density at radius 1 is 1.03 bits per heavy atom. The summed E-state index contributed by atoms with van der Waals surface area (Å²) >= 11 is 0.896. The van der Waals surface area contributed by atoms with Gasteiger partial charge in [0.15, 0.2) is 0 Å². The normalized spacial score (nSPS) is 17.5. The number of carbonyl (C=O) groups is 3. The van der Waals surface area contributed by atoms with Crippen molar-refractivity contribution in [3.05, 3.63) is 40.1 Å². The zero-order valence-corrected chi connectivity index (χ0v) is 17.8. The molecular weight excluding hydrogens is 421 g/mol. The van der Waals surface area contributed by atoms with Gasteiger partial charge in [-0.1, -0.05) is 30.2 Å². The van der Waals surface area contributed by atoms with Gasteiger partial charge in [0.1, 0.15) is 5.82 Å². The zero-order valence-electron chi connectivity index (χ0n) is 17.0. The van der Waals surface area contributed by atoms with Crippen molar-refractivity contribution < 1.29 is 18.8 Å². The maximum atomic E-state index is 13.3. The number of nitrogens with one attached hydrogen (secondary N) is 2. The van der Waals surface area contributed by atoms with Crippen LogP contribution in [0.2, 0.25) is 0 Å². The summed E-state index contributed by atoms with van der Waals surface area (Å²) in [5.41, 5.74) is 0.297. The lowest BCUT2D eigenvalue weighted by molar-refractivity contribution is -0.127. The van der Waals surface area contributed by atoms with E-state index in [2.05, 4.69) is 20.8 Å². The van der Waals surface area contributed by atoms with Crippen LogP contribution in [-0.2, 0) is 4.79 Å². The number of anilines is 1. The molecule has 1 aromatic heterocycles. The molecule has 0 unspecified atom stereocenters. The third-order valence-corrected chi connectivity index (χ3v) is 6.65. The molecule has 2 heterocycles. The van der Waals surface area contributed by atoms with Gasteiger partial charge >= 0.3 is 0 Å². The fraction of sp³-hybridized carbons (Fsp3) is 0.476. The molecule has 2 aromatic rings. The molecule has 1 aliphatic carbocycles. The number of piperidine rings is 1. The van der Waals surface area contributed by atoms with E-state index in [0.717, 1.165) is 24.2 Å². The summed E-state index contributed by atoms with van der Waals surface area (Å²) in [6.07, 6.45) is 5.65. The summed E-state index contributed by atoms with van der Waals surface area (Å²) in [7, 11) is 0. The SMILES string of the molecule is O=C(Nc1cccc(F)c1)c1nnc(C(=O)N2CCC(C(=O)NC3CCCC3)CC2)s1. The van der Waals surface area contributed by atoms with E-state index in [9.17, 15) is 18.8 Å². The van der Waals surface area contributed by atoms with Crippen LogP contribution < -0.4 is 10.6 Å². The van der Waals surface area contributed by atoms with Gasteiger partial charge in [-0.05, 0) is 43.9 Å². The van der Waals surface area contributed by atoms with Crippen molar-refractivity contribution in [2.75, 3.05) is 18.4 Å². The summed E-state index contributed by atoms with van der Waals surface area (Å²) in [6.45, 7) is 0.929. The van der Waals surface area contributed by atoms with Gasteiger partial charge < -0.3 is 15.5 Å². The zero-order chi connectivity index (χ0) is 21.8. The highest BCUT2D eigenvalue weighted by Crippen LogP contribution is 2.23. The molecule has 0 atom stereocenters. The molecule has 1 saturated carbocycles. The van der Waals surface area contributed by atoms with Crippen molar-refractivity contribution in [3.8, 4) is 0 Å². The fourth-order valence-electron chi connectivity index (χ4n) is 4.02. The van der Waals surface area contributed by atoms with Gasteiger partial charge in [-0.25, -0.2) is 4.39 Å². The van der Waals surface area contributed by atoms with E-state index in [1.165, 1.54) is 31.0 Å². The van der Waals surface area contributed by atoms with Crippen molar-refractivity contribution in [3.63, 3.8) is 0 Å². The quantitative estimate of drug-likeness (QED) is 0.737. The Bertz CT molecular complexity index is 967. The van der Waals surface area contributed by atoms with E-state index >= 15 is 0 Å². The highest BCUT2D eigenvalue weighted by atomic mass is 32.1. The van der Waals surface area contributed by atoms with Crippen molar-refractivity contribution >= 4 is 34.7 Å². The van der Waals surface area contributed by atoms with Crippen LogP contribution in [0.4, 0.5) is 10.1 Å². The topological polar surface area (TPSA) is 104 Å². The lowest BCUT2D eigenvalue weighted by Crippen LogP contribution is -2.44. The molecule has 0 radical (unpaired) electrons. The number of hydrogen-bond acceptors (Lipinski definition) is 6. The highest BCUT2D eigenvalue weighted by Gasteiger charge is 2.31. The molecule has 1 saturated heterocycles. The van der Waals surface area contributed by atoms with Crippen molar-refractivity contribution in [1.82, 2.24) is 20.4 Å². The molecule has 2 aliphatic rings. The van der Waals surface area contributed by atoms with Crippen molar-refractivity contribution in [1.29, 1.82) is 0 Å². The third-order valence-electron chi connectivity index (χ3n) is 5.74. The second-order valence-corrected chi connectivity index (χ2v) is 8.91. The smallest absolute Gasteiger partial charge is 0.286 e. The van der Waals surface area contributed by atoms with Crippen LogP contribution in [0.15, 0.2) is 24.3 Å². The molecule has 8 nitrogen and oxygen atoms in total. The van der Waals surface area contributed by atoms with Gasteiger partial charge in [0.25, 0.3) is 11.8 Å². The maximum Gasteiger partial charge on any atom is 0.286 e. The second-order valence-electron chi connectivity index (χ2n) is 7.93. The molecule has 0 spiro atoms. The molecule has 1 aliphatic heterocycles. The van der Waals surface area contributed by atoms with E-state index in [1.54, 1.807) is 11.0 Å². The number of rotatable bonds is 5. The first-order chi connectivity index (χ1) is 15.0. The lowest BCUT2D eigenvalue weighted by Gasteiger charge is -2.31. The molecule has 4 rings (SSSR count). The third kappa shape index (κ3) is 5.25. The number of benzene rings is 1. The predicted molar refractivity (Wildman–Crippen MR) is 113 cm³/mol. The van der Waals surface area contributed by atoms with E-state index in [0.29, 0.717) is 37.7 Å². The number of nitrogens with zero attached hydrogens (tertiary/aromatic N) is 3. The predicted octanol–water partition coefficient (Wildman–Crippen LogP) is 2.84. The van der Waals surface area contributed by atoms with Crippen LogP contribution in [-0.4, -0.2) is 52.0 Å². The van der Waals surface area contributed by atoms with Gasteiger partial charge in [-0.3, -0.25) is 14.4 Å². The summed E-state index contributed by atoms with van der Waals surface area (Å²) in [6, 6.07) is 5.81. The second kappa shape index (κ2) is 9.51. The molecule has 2 N–H and O–H groups in total. The van der Waals surface area contributed by atoms with E-state index in [4.69, 9.17) is 0 Å². The Kier molecular flexibility index (Phi) is 6.55. The van der Waals surface area contributed by atoms with E-state index in [-0.39, 0.29) is 27.7 Å². The number of hydrogen-bond donors (Lipinski definition) is 2. The van der Waals surface area contributed by atoms with E-state index < -0.39 is 11.7 Å². The Balaban J connectivity index is 1.29. The fourth-order valence-corrected chi connectivity index (χ4v) is 4.73. The average Bonchev–Trinajstić information content (AvgIpc) is 3.46. The first kappa shape index (κ1) is 21.4. The minimum absolute atomic E-state index is 0.0263. The Morgan fingerprint density at radius 2 is 1.74 bits per heavy atom. The highest BCUT2D eigenvalue weighted by molar-refractivity contribution is 7.15. The maximum absolute atomic E-state index is 13.3. The molecule has 3 amide bonds. The average molecular weight is 446 g/mol. The van der Waals surface area contributed by atoms with Gasteiger partial charge in [0.2, 0.25) is 15.9 Å². The summed E-state index contributed by atoms with van der Waals surface area (Å²) in [5, 5.41) is 13.5. The Morgan fingerprint density at radius 3 is 2.45 bits per heavy atom. The van der Waals surface area contributed by atoms with E-state index in [1.807, 2.05) is 0 Å². The number of amides is 3. The van der Waals surface area contributed by atoms with Crippen LogP contribution in [0.5, 0.6) is 0 Å². The van der Waals surface area contributed by atoms with Crippen LogP contribution in [0.25, 0.3) is 0 Å². The molecule has 164 valence electrons. The minimum atomic E-state index is -0.551. The van der Waals surface area contributed by atoms with Crippen LogP contribution in [0.3, 0.4) is 0 Å². The Labute approximate surface area is 183 Å². The Hall–Kier alpha value is -2.88. The summed E-state index contributed by atoms with van der Waals surface area (Å²) < 4.78 is 13.3. The molecule has 2 fully saturated rings. The molecule has 31 heavy (non-hydrogen) atoms. The first-order valence-corrected chi connectivity index (χ1v) is 11.3. The van der Waals surface area contributed by atoms with Crippen LogP contribution >= 0.6 is 11.3 Å². The van der Waals surface area contributed by atoms with Crippen LogP contribution in [0.1, 0.15) is 58.1 Å². The van der Waals surface area contributed by atoms with Gasteiger partial charge in [0.05, 0.1) is 0 Å². The molecule has 10 heteroatoms. The number of likely N-dealkylation sites (tertiary alicyclic amines) is 1. The molecule has 1 aromatic carbocycles. The monoisotopic (exact) mass is 445 g/mol. The van der Waals surface area contributed by atoms with Crippen molar-refractivity contribution in [2.45, 2.75) is 44.6 Å². The largest absolute Gasteiger partial charge is 0.353 e. The first-order valence-electron chi connectivity index (χ1n) is 10.5. The minimum Gasteiger partial charge on any atom is -0.353 e. The lowest BCUT2D eigenvalue weighted by atomic mass is 9.95. The van der Waals surface area contributed by atoms with Crippen LogP contribution in [0, 0.1) is 11.7 Å². The number of carbonyl (C=O) groups excluding carboxylic acids is 3. The molecular formula is C21H24FN5O3S. The standard InChI is InChI=1S/C21H24FN5O3S/c22-14-4-3-7-16(12-14)24-18(29)19-25-26-20(31-19)21(30)27-10-8-13(9-11-27)17(28)23-15-5-1-2-6-15/h3-4,7,12-13,15H,1-2,5-6,8-11H2,(H,23,28)(H,24,29).